The maximum atomic E-state index is 14.1. The van der Waals surface area contributed by atoms with Crippen LogP contribution in [0.25, 0.3) is 5.69 Å². The second-order valence-corrected chi connectivity index (χ2v) is 9.50. The molecule has 0 unspecified atom stereocenters. The number of anilines is 1. The molecule has 6 heteroatoms. The van der Waals surface area contributed by atoms with Crippen molar-refractivity contribution in [3.63, 3.8) is 0 Å². The third-order valence-corrected chi connectivity index (χ3v) is 7.22. The van der Waals surface area contributed by atoms with Gasteiger partial charge in [0.05, 0.1) is 17.8 Å². The molecule has 4 nitrogen and oxygen atoms in total. The maximum absolute atomic E-state index is 14.1. The minimum Gasteiger partial charge on any atom is -0.351 e. The molecule has 1 aliphatic rings. The highest BCUT2D eigenvalue weighted by molar-refractivity contribution is 7.80. The van der Waals surface area contributed by atoms with Gasteiger partial charge >= 0.3 is 0 Å². The number of aryl methyl sites for hydroxylation is 3. The van der Waals surface area contributed by atoms with Crippen LogP contribution in [0.4, 0.5) is 10.1 Å². The van der Waals surface area contributed by atoms with E-state index in [2.05, 4.69) is 70.9 Å². The van der Waals surface area contributed by atoms with Crippen LogP contribution < -0.4 is 10.2 Å². The summed E-state index contributed by atoms with van der Waals surface area (Å²) >= 11 is 5.84. The number of hydrogen-bond donors (Lipinski definition) is 1. The van der Waals surface area contributed by atoms with Crippen molar-refractivity contribution < 1.29 is 4.39 Å². The van der Waals surface area contributed by atoms with Crippen molar-refractivity contribution in [3.05, 3.63) is 113 Å². The highest BCUT2D eigenvalue weighted by Gasteiger charge is 2.42. The van der Waals surface area contributed by atoms with Crippen molar-refractivity contribution in [3.8, 4) is 5.69 Å². The standard InChI is InChI=1S/C29H29FN4S/c1-5-21-9-11-22(12-10-21)33-19(3)17-24(20(33)4)28-27(26-8-6-7-15-31-26)32-29(35)34(28)23-13-14-25(30)18(2)16-23/h6-17,27-28H,5H2,1-4H3,(H,32,35)/t27-,28+/m1/s1. The number of nitrogens with zero attached hydrogens (tertiary/aromatic N) is 3. The first kappa shape index (κ1) is 23.2. The van der Waals surface area contributed by atoms with E-state index in [1.165, 1.54) is 11.6 Å². The number of rotatable bonds is 5. The molecule has 2 aromatic heterocycles. The lowest BCUT2D eigenvalue weighted by molar-refractivity contribution is 0.564. The fourth-order valence-corrected chi connectivity index (χ4v) is 5.44. The van der Waals surface area contributed by atoms with Crippen LogP contribution in [0.3, 0.4) is 0 Å². The van der Waals surface area contributed by atoms with Crippen LogP contribution in [0, 0.1) is 26.6 Å². The van der Waals surface area contributed by atoms with E-state index in [0.717, 1.165) is 40.4 Å². The van der Waals surface area contributed by atoms with Crippen molar-refractivity contribution >= 4 is 23.0 Å². The van der Waals surface area contributed by atoms with E-state index in [-0.39, 0.29) is 17.9 Å². The van der Waals surface area contributed by atoms with Crippen LogP contribution >= 0.6 is 12.2 Å². The van der Waals surface area contributed by atoms with Crippen molar-refractivity contribution in [2.75, 3.05) is 4.90 Å². The fourth-order valence-electron chi connectivity index (χ4n) is 5.09. The predicted octanol–water partition coefficient (Wildman–Crippen LogP) is 6.68. The van der Waals surface area contributed by atoms with Gasteiger partial charge in [-0.25, -0.2) is 4.39 Å². The molecule has 0 amide bonds. The third kappa shape index (κ3) is 4.12. The molecule has 4 aromatic rings. The highest BCUT2D eigenvalue weighted by atomic mass is 32.1. The van der Waals surface area contributed by atoms with Crippen LogP contribution in [0.2, 0.25) is 0 Å². The van der Waals surface area contributed by atoms with Gasteiger partial charge in [-0.2, -0.15) is 0 Å². The number of pyridine rings is 1. The highest BCUT2D eigenvalue weighted by Crippen LogP contribution is 2.44. The average Bonchev–Trinajstić information content (AvgIpc) is 3.36. The molecule has 0 spiro atoms. The lowest BCUT2D eigenvalue weighted by Gasteiger charge is -2.28. The van der Waals surface area contributed by atoms with Crippen molar-refractivity contribution in [2.45, 2.75) is 46.2 Å². The summed E-state index contributed by atoms with van der Waals surface area (Å²) in [6, 6.07) is 21.8. The average molecular weight is 485 g/mol. The molecule has 35 heavy (non-hydrogen) atoms. The van der Waals surface area contributed by atoms with Gasteiger partial charge in [-0.05, 0) is 105 Å². The first-order valence-electron chi connectivity index (χ1n) is 11.9. The Hall–Kier alpha value is -3.51. The molecule has 0 saturated carbocycles. The first-order valence-corrected chi connectivity index (χ1v) is 12.3. The SMILES string of the molecule is CCc1ccc(-n2c(C)cc([C@H]3[C@@H](c4ccccn4)NC(=S)N3c3ccc(F)c(C)c3)c2C)cc1. The molecule has 0 bridgehead atoms. The van der Waals surface area contributed by atoms with E-state index in [0.29, 0.717) is 10.7 Å². The van der Waals surface area contributed by atoms with Crippen molar-refractivity contribution in [2.24, 2.45) is 0 Å². The van der Waals surface area contributed by atoms with Crippen LogP contribution in [0.15, 0.2) is 72.9 Å². The Morgan fingerprint density at radius 1 is 0.971 bits per heavy atom. The Labute approximate surface area is 211 Å². The van der Waals surface area contributed by atoms with E-state index in [4.69, 9.17) is 12.2 Å². The smallest absolute Gasteiger partial charge is 0.174 e. The second-order valence-electron chi connectivity index (χ2n) is 9.11. The summed E-state index contributed by atoms with van der Waals surface area (Å²) < 4.78 is 16.4. The normalized spacial score (nSPS) is 17.6. The molecular weight excluding hydrogens is 455 g/mol. The molecule has 2 aromatic carbocycles. The van der Waals surface area contributed by atoms with Gasteiger partial charge in [0, 0.05) is 29.0 Å². The zero-order valence-corrected chi connectivity index (χ0v) is 21.2. The number of hydrogen-bond acceptors (Lipinski definition) is 2. The number of thiocarbonyl (C=S) groups is 1. The molecule has 3 heterocycles. The molecule has 1 saturated heterocycles. The van der Waals surface area contributed by atoms with E-state index in [1.807, 2.05) is 24.3 Å². The largest absolute Gasteiger partial charge is 0.351 e. The summed E-state index contributed by atoms with van der Waals surface area (Å²) in [5, 5.41) is 4.11. The Kier molecular flexibility index (Phi) is 6.15. The summed E-state index contributed by atoms with van der Waals surface area (Å²) in [6.45, 7) is 8.23. The molecule has 178 valence electrons. The molecule has 0 radical (unpaired) electrons. The van der Waals surface area contributed by atoms with Crippen LogP contribution in [0.1, 0.15) is 52.8 Å². The molecule has 1 N–H and O–H groups in total. The Bertz CT molecular complexity index is 1380. The Morgan fingerprint density at radius 2 is 1.71 bits per heavy atom. The van der Waals surface area contributed by atoms with Gasteiger partial charge in [0.2, 0.25) is 0 Å². The van der Waals surface area contributed by atoms with Crippen molar-refractivity contribution in [1.82, 2.24) is 14.9 Å². The van der Waals surface area contributed by atoms with E-state index < -0.39 is 0 Å². The van der Waals surface area contributed by atoms with Crippen LogP contribution in [0.5, 0.6) is 0 Å². The van der Waals surface area contributed by atoms with Gasteiger partial charge in [0.1, 0.15) is 5.82 Å². The number of halogens is 1. The molecular formula is C29H29FN4S. The van der Waals surface area contributed by atoms with Gasteiger partial charge in [0.25, 0.3) is 0 Å². The summed E-state index contributed by atoms with van der Waals surface area (Å²) in [5.74, 6) is -0.224. The lowest BCUT2D eigenvalue weighted by Crippen LogP contribution is -2.29. The Morgan fingerprint density at radius 3 is 2.37 bits per heavy atom. The molecule has 0 aliphatic carbocycles. The van der Waals surface area contributed by atoms with E-state index in [1.54, 1.807) is 19.2 Å². The number of aromatic nitrogens is 2. The van der Waals surface area contributed by atoms with Gasteiger partial charge in [-0.15, -0.1) is 0 Å². The maximum Gasteiger partial charge on any atom is 0.174 e. The first-order chi connectivity index (χ1) is 16.9. The topological polar surface area (TPSA) is 33.1 Å². The summed E-state index contributed by atoms with van der Waals surface area (Å²) in [7, 11) is 0. The van der Waals surface area contributed by atoms with Gasteiger partial charge in [-0.3, -0.25) is 4.98 Å². The monoisotopic (exact) mass is 484 g/mol. The van der Waals surface area contributed by atoms with E-state index in [9.17, 15) is 4.39 Å². The fraction of sp³-hybridized carbons (Fsp3) is 0.241. The number of benzene rings is 2. The van der Waals surface area contributed by atoms with Gasteiger partial charge in [0.15, 0.2) is 5.11 Å². The van der Waals surface area contributed by atoms with Gasteiger partial charge in [-0.1, -0.05) is 25.1 Å². The van der Waals surface area contributed by atoms with E-state index >= 15 is 0 Å². The minimum atomic E-state index is -0.224. The number of nitrogens with one attached hydrogen (secondary N) is 1. The second kappa shape index (κ2) is 9.27. The van der Waals surface area contributed by atoms with Crippen molar-refractivity contribution in [1.29, 1.82) is 0 Å². The lowest BCUT2D eigenvalue weighted by atomic mass is 9.96. The zero-order valence-electron chi connectivity index (χ0n) is 20.4. The molecule has 2 atom stereocenters. The molecule has 1 fully saturated rings. The van der Waals surface area contributed by atoms with Crippen LogP contribution in [-0.4, -0.2) is 14.7 Å². The Balaban J connectivity index is 1.66. The zero-order chi connectivity index (χ0) is 24.7. The van der Waals surface area contributed by atoms with Gasteiger partial charge < -0.3 is 14.8 Å². The quantitative estimate of drug-likeness (QED) is 0.321. The minimum absolute atomic E-state index is 0.142. The molecule has 1 aliphatic heterocycles. The summed E-state index contributed by atoms with van der Waals surface area (Å²) in [6.07, 6.45) is 2.82. The summed E-state index contributed by atoms with van der Waals surface area (Å²) in [5.41, 5.74) is 8.27. The summed E-state index contributed by atoms with van der Waals surface area (Å²) in [4.78, 5) is 6.76. The predicted molar refractivity (Wildman–Crippen MR) is 144 cm³/mol. The molecule has 5 rings (SSSR count). The van der Waals surface area contributed by atoms with Crippen LogP contribution in [-0.2, 0) is 6.42 Å². The third-order valence-electron chi connectivity index (χ3n) is 6.91.